The third-order valence-corrected chi connectivity index (χ3v) is 7.79. The Balaban J connectivity index is 1.29. The van der Waals surface area contributed by atoms with E-state index >= 15 is 0 Å². The summed E-state index contributed by atoms with van der Waals surface area (Å²) in [6.07, 6.45) is 2.80. The molecule has 6 nitrogen and oxygen atoms in total. The number of fused-ring (bicyclic) bond motifs is 3. The van der Waals surface area contributed by atoms with E-state index in [0.717, 1.165) is 27.7 Å². The van der Waals surface area contributed by atoms with E-state index < -0.39 is 17.4 Å². The minimum atomic E-state index is -0.811. The number of ether oxygens (including phenoxy) is 1. The van der Waals surface area contributed by atoms with Gasteiger partial charge < -0.3 is 0 Å². The van der Waals surface area contributed by atoms with Gasteiger partial charge in [0.25, 0.3) is 0 Å². The van der Waals surface area contributed by atoms with Gasteiger partial charge >= 0.3 is 174 Å². The minimum absolute atomic E-state index is 0.0831. The molecular weight excluding hydrogens is 482 g/mol. The van der Waals surface area contributed by atoms with Gasteiger partial charge in [-0.25, -0.2) is 9.18 Å². The van der Waals surface area contributed by atoms with Crippen LogP contribution < -0.4 is 0 Å². The van der Waals surface area contributed by atoms with E-state index in [0.29, 0.717) is 48.6 Å². The number of hydrogen-bond donors (Lipinski definition) is 0. The Labute approximate surface area is 212 Å². The number of likely N-dealkylation sites (tertiary alicyclic amines) is 1. The van der Waals surface area contributed by atoms with Gasteiger partial charge in [0.15, 0.2) is 0 Å². The molecule has 1 saturated heterocycles. The summed E-state index contributed by atoms with van der Waals surface area (Å²) in [4.78, 5) is 27.9. The van der Waals surface area contributed by atoms with Crippen LogP contribution in [0.25, 0.3) is 10.9 Å². The van der Waals surface area contributed by atoms with E-state index in [-0.39, 0.29) is 11.5 Å². The summed E-state index contributed by atoms with van der Waals surface area (Å²) in [7, 11) is 1.74. The topological polar surface area (TPSA) is 64.7 Å². The second kappa shape index (κ2) is 8.34. The van der Waals surface area contributed by atoms with Crippen LogP contribution in [0.3, 0.4) is 0 Å². The van der Waals surface area contributed by atoms with Crippen LogP contribution in [-0.2, 0) is 16.9 Å². The van der Waals surface area contributed by atoms with Crippen molar-refractivity contribution in [3.63, 3.8) is 0 Å². The predicted molar refractivity (Wildman–Crippen MR) is 134 cm³/mol. The van der Waals surface area contributed by atoms with Gasteiger partial charge in [-0.1, -0.05) is 6.07 Å². The molecule has 0 radical (unpaired) electrons. The van der Waals surface area contributed by atoms with Gasteiger partial charge in [0.05, 0.1) is 5.56 Å². The molecule has 2 aromatic heterocycles. The molecule has 0 atom stereocenters. The first kappa shape index (κ1) is 23.0. The molecule has 1 amide bonds. The first-order chi connectivity index (χ1) is 17.3. The van der Waals surface area contributed by atoms with Crippen LogP contribution in [0.2, 0.25) is 5.02 Å². The zero-order valence-corrected chi connectivity index (χ0v) is 20.7. The molecule has 1 spiro atoms. The molecule has 2 aromatic carbocycles. The quantitative estimate of drug-likeness (QED) is 0.354. The number of halogens is 2. The Kier molecular flexibility index (Phi) is 5.34. The van der Waals surface area contributed by atoms with Gasteiger partial charge in [0.1, 0.15) is 5.82 Å². The van der Waals surface area contributed by atoms with Gasteiger partial charge in [-0.05, 0) is 12.1 Å². The molecule has 6 rings (SSSR count). The third-order valence-electron chi connectivity index (χ3n) is 7.56. The Bertz CT molecular complexity index is 1530. The number of aromatic nitrogens is 1. The summed E-state index contributed by atoms with van der Waals surface area (Å²) in [6.45, 7) is 5.33. The van der Waals surface area contributed by atoms with Crippen molar-refractivity contribution in [2.24, 2.45) is 0 Å². The fourth-order valence-corrected chi connectivity index (χ4v) is 5.72. The summed E-state index contributed by atoms with van der Waals surface area (Å²) in [6, 6.07) is 9.75. The van der Waals surface area contributed by atoms with Gasteiger partial charge in [0, 0.05) is 0 Å². The van der Waals surface area contributed by atoms with E-state index in [1.54, 1.807) is 24.2 Å². The van der Waals surface area contributed by atoms with Gasteiger partial charge in [0.2, 0.25) is 0 Å². The fourth-order valence-electron chi connectivity index (χ4n) is 5.55. The maximum atomic E-state index is 13.7. The first-order valence-corrected chi connectivity index (χ1v) is 12.3. The van der Waals surface area contributed by atoms with Crippen LogP contribution in [0.5, 0.6) is 0 Å². The van der Waals surface area contributed by atoms with E-state index in [2.05, 4.69) is 0 Å². The van der Waals surface area contributed by atoms with E-state index in [1.165, 1.54) is 12.1 Å². The van der Waals surface area contributed by atoms with Gasteiger partial charge in [-0.3, -0.25) is 0 Å². The molecule has 0 aliphatic carbocycles. The molecule has 9 heteroatoms. The number of aryl methyl sites for hydroxylation is 2. The van der Waals surface area contributed by atoms with Crippen LogP contribution in [0.15, 0.2) is 46.9 Å². The normalized spacial score (nSPS) is 16.4. The van der Waals surface area contributed by atoms with Crippen LogP contribution in [0, 0.1) is 19.7 Å². The standard InChI is InChI=1S/C27H23BClFN2O4/c1-15-21(16(2)36-28-15)13-32-14-22(19-5-3-17(29)11-24(19)32)25(33)31-9-7-27(8-10-31)23-6-4-18(30)12-20(23)26(34)35-27/h3-6,11-12,14H,7-10,13H2,1-2H3. The first-order valence-electron chi connectivity index (χ1n) is 11.9. The number of benzene rings is 2. The van der Waals surface area contributed by atoms with Gasteiger partial charge in [-0.15, -0.1) is 0 Å². The average Bonchev–Trinajstić information content (AvgIpc) is 3.46. The summed E-state index contributed by atoms with van der Waals surface area (Å²) in [5, 5.41) is 1.43. The third kappa shape index (κ3) is 3.58. The number of nitrogens with zero attached hydrogens (tertiary/aromatic N) is 2. The average molecular weight is 505 g/mol. The molecule has 2 aliphatic rings. The summed E-state index contributed by atoms with van der Waals surface area (Å²) >= 11 is 6.31. The molecule has 0 bridgehead atoms. The van der Waals surface area contributed by atoms with E-state index in [9.17, 15) is 14.0 Å². The molecule has 1 fully saturated rings. The SMILES string of the molecule is Cc1boc(C)c1Cn1cc(C(=O)N2CCC3(CC2)OC(=O)c2cc(F)ccc23)c2ccc(Cl)cc21. The number of esters is 1. The number of rotatable bonds is 3. The second-order valence-corrected chi connectivity index (χ2v) is 10.1. The van der Waals surface area contributed by atoms with Crippen molar-refractivity contribution in [3.8, 4) is 0 Å². The van der Waals surface area contributed by atoms with Crippen molar-refractivity contribution in [3.05, 3.63) is 86.9 Å². The number of amides is 1. The molecule has 36 heavy (non-hydrogen) atoms. The molecule has 0 saturated carbocycles. The Hall–Kier alpha value is -3.39. The van der Waals surface area contributed by atoms with Crippen LogP contribution >= 0.6 is 11.6 Å². The fraction of sp³-hybridized carbons (Fsp3) is 0.296. The summed E-state index contributed by atoms with van der Waals surface area (Å²) in [5.41, 5.74) is 3.77. The molecular formula is C27H23BClFN2O4. The number of carbonyl (C=O) groups is 2. The number of hydrogen-bond acceptors (Lipinski definition) is 4. The van der Waals surface area contributed by atoms with Crippen LogP contribution in [0.1, 0.15) is 55.9 Å². The Morgan fingerprint density at radius 2 is 1.94 bits per heavy atom. The molecule has 4 heterocycles. The maximum absolute atomic E-state index is 13.7. The number of piperidine rings is 1. The molecule has 4 aromatic rings. The Morgan fingerprint density at radius 1 is 1.17 bits per heavy atom. The predicted octanol–water partition coefficient (Wildman–Crippen LogP) is 5.33. The second-order valence-electron chi connectivity index (χ2n) is 9.65. The van der Waals surface area contributed by atoms with Crippen LogP contribution in [0.4, 0.5) is 4.39 Å². The summed E-state index contributed by atoms with van der Waals surface area (Å²) < 4.78 is 27.0. The molecule has 0 N–H and O–H groups in total. The van der Waals surface area contributed by atoms with Crippen molar-refractivity contribution in [2.75, 3.05) is 13.1 Å². The van der Waals surface area contributed by atoms with Crippen molar-refractivity contribution in [1.82, 2.24) is 9.47 Å². The van der Waals surface area contributed by atoms with E-state index in [4.69, 9.17) is 20.7 Å². The van der Waals surface area contributed by atoms with E-state index in [1.807, 2.05) is 36.7 Å². The molecule has 2 aliphatic heterocycles. The van der Waals surface area contributed by atoms with Crippen molar-refractivity contribution in [1.29, 1.82) is 0 Å². The Morgan fingerprint density at radius 3 is 2.67 bits per heavy atom. The van der Waals surface area contributed by atoms with Gasteiger partial charge in [-0.2, -0.15) is 0 Å². The number of carbonyl (C=O) groups excluding carboxylic acids is 2. The van der Waals surface area contributed by atoms with Crippen molar-refractivity contribution < 1.29 is 23.0 Å². The van der Waals surface area contributed by atoms with Crippen molar-refractivity contribution >= 4 is 41.5 Å². The van der Waals surface area contributed by atoms with Crippen LogP contribution in [-0.4, -0.2) is 41.6 Å². The monoisotopic (exact) mass is 504 g/mol. The summed E-state index contributed by atoms with van der Waals surface area (Å²) in [5.74, 6) is -0.209. The zero-order chi connectivity index (χ0) is 25.2. The van der Waals surface area contributed by atoms with Crippen molar-refractivity contribution in [2.45, 2.75) is 38.8 Å². The molecule has 0 unspecified atom stereocenters. The zero-order valence-electron chi connectivity index (χ0n) is 19.9. The molecule has 182 valence electrons.